The van der Waals surface area contributed by atoms with Gasteiger partial charge in [0.2, 0.25) is 0 Å². The molecule has 222 valence electrons. The van der Waals surface area contributed by atoms with E-state index in [4.69, 9.17) is 11.6 Å². The van der Waals surface area contributed by atoms with Crippen LogP contribution in [0.5, 0.6) is 0 Å². The molecule has 7 rings (SSSR count). The Morgan fingerprint density at radius 2 is 1.77 bits per heavy atom. The van der Waals surface area contributed by atoms with Gasteiger partial charge in [0.25, 0.3) is 11.8 Å². The normalized spacial score (nSPS) is 16.2. The van der Waals surface area contributed by atoms with Gasteiger partial charge in [-0.25, -0.2) is 18.3 Å². The molecule has 0 saturated heterocycles. The number of anilines is 1. The second kappa shape index (κ2) is 10.1. The smallest absolute Gasteiger partial charge is 0.341 e. The summed E-state index contributed by atoms with van der Waals surface area (Å²) in [4.78, 5) is 31.1. The molecule has 1 fully saturated rings. The van der Waals surface area contributed by atoms with E-state index in [1.54, 1.807) is 28.9 Å². The van der Waals surface area contributed by atoms with Crippen LogP contribution in [0.3, 0.4) is 0 Å². The molecule has 0 radical (unpaired) electrons. The maximum atomic E-state index is 14.3. The SMILES string of the molecule is O=C(Nc1cc(-c2ccc3nc(C4CC4)nn3c2)cc2c1C(c1cc(F)ccc1Cl)NC2=O)c1cc(F)cc(C(F)(F)F)c1. The Kier molecular flexibility index (Phi) is 6.43. The first-order chi connectivity index (χ1) is 20.9. The number of rotatable bonds is 5. The molecule has 2 aliphatic rings. The largest absolute Gasteiger partial charge is 0.416 e. The molecule has 0 bridgehead atoms. The Balaban J connectivity index is 1.36. The number of nitrogens with one attached hydrogen (secondary N) is 2. The third-order valence-corrected chi connectivity index (χ3v) is 7.96. The average Bonchev–Trinajstić information content (AvgIpc) is 3.65. The zero-order valence-corrected chi connectivity index (χ0v) is 23.1. The first-order valence-corrected chi connectivity index (χ1v) is 13.8. The van der Waals surface area contributed by atoms with Crippen LogP contribution in [0.15, 0.2) is 66.9 Å². The standard InChI is InChI=1S/C31H19ClF5N5O2/c32-23-5-4-19(33)12-21(23)27-26-22(30(44)40-27)9-16(15-3-6-25-39-28(14-1-2-14)41-42(25)13-15)10-24(26)38-29(43)17-7-18(31(35,36)37)11-20(34)8-17/h3-14,27H,1-2H2,(H,38,43)(H,40,44). The van der Waals surface area contributed by atoms with Gasteiger partial charge in [-0.2, -0.15) is 18.3 Å². The van der Waals surface area contributed by atoms with Gasteiger partial charge >= 0.3 is 6.18 Å². The van der Waals surface area contributed by atoms with Crippen LogP contribution in [0.4, 0.5) is 27.6 Å². The predicted molar refractivity (Wildman–Crippen MR) is 150 cm³/mol. The zero-order chi connectivity index (χ0) is 30.9. The summed E-state index contributed by atoms with van der Waals surface area (Å²) < 4.78 is 70.2. The number of aromatic nitrogens is 3. The van der Waals surface area contributed by atoms with Gasteiger partial charge in [0, 0.05) is 50.6 Å². The summed E-state index contributed by atoms with van der Waals surface area (Å²) in [5.74, 6) is -2.44. The van der Waals surface area contributed by atoms with E-state index < -0.39 is 46.8 Å². The van der Waals surface area contributed by atoms with Gasteiger partial charge in [-0.15, -0.1) is 0 Å². The fraction of sp³-hybridized carbons (Fsp3) is 0.161. The highest BCUT2D eigenvalue weighted by atomic mass is 35.5. The van der Waals surface area contributed by atoms with Crippen molar-refractivity contribution in [3.63, 3.8) is 0 Å². The second-order valence-electron chi connectivity index (χ2n) is 10.7. The van der Waals surface area contributed by atoms with Gasteiger partial charge < -0.3 is 10.6 Å². The summed E-state index contributed by atoms with van der Waals surface area (Å²) in [6.45, 7) is 0. The Labute approximate surface area is 250 Å². The van der Waals surface area contributed by atoms with Gasteiger partial charge in [0.1, 0.15) is 11.6 Å². The van der Waals surface area contributed by atoms with Gasteiger partial charge in [0.05, 0.1) is 11.6 Å². The highest BCUT2D eigenvalue weighted by Gasteiger charge is 2.36. The topological polar surface area (TPSA) is 88.4 Å². The monoisotopic (exact) mass is 623 g/mol. The minimum atomic E-state index is -4.90. The molecule has 1 saturated carbocycles. The van der Waals surface area contributed by atoms with E-state index in [2.05, 4.69) is 20.7 Å². The van der Waals surface area contributed by atoms with Crippen LogP contribution in [0.1, 0.15) is 68.0 Å². The van der Waals surface area contributed by atoms with Crippen molar-refractivity contribution in [3.8, 4) is 11.1 Å². The van der Waals surface area contributed by atoms with Crippen LogP contribution in [0, 0.1) is 11.6 Å². The first kappa shape index (κ1) is 28.0. The summed E-state index contributed by atoms with van der Waals surface area (Å²) in [5.41, 5.74) is 0.301. The van der Waals surface area contributed by atoms with Gasteiger partial charge in [0.15, 0.2) is 11.5 Å². The molecule has 3 heterocycles. The number of hydrogen-bond acceptors (Lipinski definition) is 4. The van der Waals surface area contributed by atoms with Crippen LogP contribution < -0.4 is 10.6 Å². The Morgan fingerprint density at radius 1 is 0.977 bits per heavy atom. The number of carbonyl (C=O) groups is 2. The van der Waals surface area contributed by atoms with E-state index in [0.717, 1.165) is 30.8 Å². The van der Waals surface area contributed by atoms with E-state index in [-0.39, 0.29) is 33.5 Å². The molecule has 2 aromatic heterocycles. The molecule has 1 atom stereocenters. The lowest BCUT2D eigenvalue weighted by Crippen LogP contribution is -2.21. The molecule has 5 aromatic rings. The Bertz CT molecular complexity index is 2020. The van der Waals surface area contributed by atoms with E-state index in [1.165, 1.54) is 12.1 Å². The number of pyridine rings is 1. The maximum Gasteiger partial charge on any atom is 0.416 e. The molecule has 1 unspecified atom stereocenters. The number of halogens is 6. The Hall–Kier alpha value is -4.84. The number of amides is 2. The minimum absolute atomic E-state index is 0.0290. The highest BCUT2D eigenvalue weighted by molar-refractivity contribution is 6.31. The fourth-order valence-electron chi connectivity index (χ4n) is 5.34. The van der Waals surface area contributed by atoms with E-state index in [1.807, 2.05) is 0 Å². The average molecular weight is 624 g/mol. The molecule has 13 heteroatoms. The molecule has 0 spiro atoms. The number of hydrogen-bond donors (Lipinski definition) is 2. The first-order valence-electron chi connectivity index (χ1n) is 13.4. The lowest BCUT2D eigenvalue weighted by molar-refractivity contribution is -0.137. The van der Waals surface area contributed by atoms with Crippen LogP contribution in [0.25, 0.3) is 16.8 Å². The quantitative estimate of drug-likeness (QED) is 0.201. The van der Waals surface area contributed by atoms with Crippen molar-refractivity contribution in [1.29, 1.82) is 0 Å². The van der Waals surface area contributed by atoms with Crippen LogP contribution >= 0.6 is 11.6 Å². The summed E-state index contributed by atoms with van der Waals surface area (Å²) >= 11 is 6.36. The maximum absolute atomic E-state index is 14.3. The molecule has 1 aliphatic carbocycles. The van der Waals surface area contributed by atoms with Crippen molar-refractivity contribution in [1.82, 2.24) is 19.9 Å². The minimum Gasteiger partial charge on any atom is -0.341 e. The number of fused-ring (bicyclic) bond motifs is 2. The summed E-state index contributed by atoms with van der Waals surface area (Å²) in [5, 5.41) is 9.98. The zero-order valence-electron chi connectivity index (χ0n) is 22.3. The summed E-state index contributed by atoms with van der Waals surface area (Å²) in [6, 6.07) is 10.7. The number of carbonyl (C=O) groups excluding carboxylic acids is 2. The molecule has 44 heavy (non-hydrogen) atoms. The third-order valence-electron chi connectivity index (χ3n) is 7.62. The van der Waals surface area contributed by atoms with E-state index in [0.29, 0.717) is 34.8 Å². The number of alkyl halides is 3. The third kappa shape index (κ3) is 5.04. The van der Waals surface area contributed by atoms with Crippen molar-refractivity contribution >= 4 is 34.7 Å². The molecule has 1 aliphatic heterocycles. The highest BCUT2D eigenvalue weighted by Crippen LogP contribution is 2.42. The van der Waals surface area contributed by atoms with Gasteiger partial charge in [-0.3, -0.25) is 9.59 Å². The summed E-state index contributed by atoms with van der Waals surface area (Å²) in [7, 11) is 0. The van der Waals surface area contributed by atoms with Crippen LogP contribution in [0.2, 0.25) is 5.02 Å². The lowest BCUT2D eigenvalue weighted by Gasteiger charge is -2.19. The lowest BCUT2D eigenvalue weighted by atomic mass is 9.93. The summed E-state index contributed by atoms with van der Waals surface area (Å²) in [6.07, 6.45) is -1.16. The second-order valence-corrected chi connectivity index (χ2v) is 11.1. The molecular weight excluding hydrogens is 605 g/mol. The Morgan fingerprint density at radius 3 is 2.52 bits per heavy atom. The molecule has 3 aromatic carbocycles. The molecule has 7 nitrogen and oxygen atoms in total. The van der Waals surface area contributed by atoms with Crippen molar-refractivity contribution in [2.75, 3.05) is 5.32 Å². The predicted octanol–water partition coefficient (Wildman–Crippen LogP) is 7.31. The molecule has 2 amide bonds. The fourth-order valence-corrected chi connectivity index (χ4v) is 5.56. The van der Waals surface area contributed by atoms with E-state index >= 15 is 0 Å². The van der Waals surface area contributed by atoms with Crippen LogP contribution in [-0.4, -0.2) is 26.4 Å². The van der Waals surface area contributed by atoms with E-state index in [9.17, 15) is 31.5 Å². The van der Waals surface area contributed by atoms with Crippen LogP contribution in [-0.2, 0) is 6.18 Å². The molecule has 2 N–H and O–H groups in total. The van der Waals surface area contributed by atoms with Crippen molar-refractivity contribution in [3.05, 3.63) is 117 Å². The van der Waals surface area contributed by atoms with Gasteiger partial charge in [-0.1, -0.05) is 11.6 Å². The van der Waals surface area contributed by atoms with Crippen molar-refractivity contribution in [2.45, 2.75) is 31.0 Å². The van der Waals surface area contributed by atoms with Crippen molar-refractivity contribution < 1.29 is 31.5 Å². The van der Waals surface area contributed by atoms with Gasteiger partial charge in [-0.05, 0) is 79.1 Å². The molecular formula is C31H19ClF5N5O2. The number of nitrogens with zero attached hydrogens (tertiary/aromatic N) is 3. The van der Waals surface area contributed by atoms with Crippen molar-refractivity contribution in [2.24, 2.45) is 0 Å². The number of benzene rings is 3.